The number of esters is 1. The van der Waals surface area contributed by atoms with Gasteiger partial charge in [0.1, 0.15) is 30.5 Å². The highest BCUT2D eigenvalue weighted by Gasteiger charge is 2.45. The second kappa shape index (κ2) is 6.66. The largest absolute Gasteiger partial charge is 0.432 e. The first kappa shape index (κ1) is 15.6. The Morgan fingerprint density at radius 2 is 1.94 bits per heavy atom. The lowest BCUT2D eigenvalue weighted by Crippen LogP contribution is -2.60. The predicted octanol–water partition coefficient (Wildman–Crippen LogP) is -3.41. The molecule has 0 amide bonds. The first-order valence-electron chi connectivity index (χ1n) is 5.29. The fourth-order valence-electron chi connectivity index (χ4n) is 1.44. The Kier molecular flexibility index (Phi) is 5.79. The van der Waals surface area contributed by atoms with Crippen molar-refractivity contribution >= 4 is 18.6 Å². The molecule has 6 N–H and O–H groups in total. The quantitative estimate of drug-likeness (QED) is 0.231. The maximum atomic E-state index is 11.4. The second-order valence-electron chi connectivity index (χ2n) is 3.92. The number of aliphatic hydroxyl groups is 4. The summed E-state index contributed by atoms with van der Waals surface area (Å²) in [6.07, 6.45) is -7.36. The molecule has 0 saturated carbocycles. The maximum Gasteiger partial charge on any atom is 0.326 e. The van der Waals surface area contributed by atoms with Crippen molar-refractivity contribution in [2.75, 3.05) is 12.4 Å². The minimum Gasteiger partial charge on any atom is -0.432 e. The van der Waals surface area contributed by atoms with Gasteiger partial charge >= 0.3 is 5.97 Å². The van der Waals surface area contributed by atoms with Gasteiger partial charge in [0, 0.05) is 5.75 Å². The Hall–Kier alpha value is -0.420. The summed E-state index contributed by atoms with van der Waals surface area (Å²) in [5.41, 5.74) is 5.36. The summed E-state index contributed by atoms with van der Waals surface area (Å²) in [6, 6.07) is -0.999. The summed E-state index contributed by atoms with van der Waals surface area (Å²) >= 11 is 3.80. The fourth-order valence-corrected chi connectivity index (χ4v) is 1.59. The smallest absolute Gasteiger partial charge is 0.326 e. The number of rotatable bonds is 4. The Morgan fingerprint density at radius 3 is 2.44 bits per heavy atom. The summed E-state index contributed by atoms with van der Waals surface area (Å²) < 4.78 is 9.70. The molecule has 1 fully saturated rings. The van der Waals surface area contributed by atoms with E-state index in [9.17, 15) is 20.1 Å². The van der Waals surface area contributed by atoms with Crippen LogP contribution in [0.4, 0.5) is 0 Å². The van der Waals surface area contributed by atoms with Gasteiger partial charge in [-0.15, -0.1) is 0 Å². The van der Waals surface area contributed by atoms with Crippen LogP contribution >= 0.6 is 12.6 Å². The van der Waals surface area contributed by atoms with Crippen molar-refractivity contribution in [3.05, 3.63) is 0 Å². The molecule has 106 valence electrons. The van der Waals surface area contributed by atoms with Gasteiger partial charge in [-0.1, -0.05) is 0 Å². The third-order valence-electron chi connectivity index (χ3n) is 2.58. The molecule has 6 atom stereocenters. The molecule has 8 nitrogen and oxygen atoms in total. The van der Waals surface area contributed by atoms with Gasteiger partial charge in [-0.05, 0) is 0 Å². The Balaban J connectivity index is 2.67. The molecule has 1 rings (SSSR count). The molecule has 0 aromatic rings. The fraction of sp³-hybridized carbons (Fsp3) is 0.889. The van der Waals surface area contributed by atoms with E-state index in [1.54, 1.807) is 0 Å². The molecule has 0 radical (unpaired) electrons. The number of thiol groups is 1. The number of aliphatic hydroxyl groups excluding tert-OH is 4. The standard InChI is InChI=1S/C9H17NO7S/c10-3(2-18)8(15)17-9-7(14)6(13)5(12)4(1-11)16-9/h3-7,9,11-14,18H,1-2,10H2/t3-,4+,5-,6-,7+,9?/m0/s1. The van der Waals surface area contributed by atoms with Crippen LogP contribution in [0, 0.1) is 0 Å². The molecular formula is C9H17NO7S. The molecule has 0 aromatic heterocycles. The molecule has 0 aliphatic carbocycles. The van der Waals surface area contributed by atoms with Gasteiger partial charge in [0.05, 0.1) is 6.61 Å². The van der Waals surface area contributed by atoms with Crippen molar-refractivity contribution in [3.63, 3.8) is 0 Å². The van der Waals surface area contributed by atoms with Crippen molar-refractivity contribution in [2.24, 2.45) is 5.73 Å². The van der Waals surface area contributed by atoms with Gasteiger partial charge in [0.25, 0.3) is 0 Å². The van der Waals surface area contributed by atoms with E-state index < -0.39 is 49.3 Å². The predicted molar refractivity (Wildman–Crippen MR) is 61.7 cm³/mol. The first-order chi connectivity index (χ1) is 8.42. The number of carbonyl (C=O) groups excluding carboxylic acids is 1. The Labute approximate surface area is 109 Å². The molecule has 1 unspecified atom stereocenters. The molecule has 9 heteroatoms. The highest BCUT2D eigenvalue weighted by Crippen LogP contribution is 2.22. The third kappa shape index (κ3) is 3.32. The normalized spacial score (nSPS) is 38.2. The number of hydrogen-bond acceptors (Lipinski definition) is 9. The number of hydrogen-bond donors (Lipinski definition) is 6. The van der Waals surface area contributed by atoms with E-state index in [0.717, 1.165) is 0 Å². The number of ether oxygens (including phenoxy) is 2. The van der Waals surface area contributed by atoms with Gasteiger partial charge in [0.2, 0.25) is 6.29 Å². The highest BCUT2D eigenvalue weighted by atomic mass is 32.1. The van der Waals surface area contributed by atoms with Crippen LogP contribution in [-0.2, 0) is 14.3 Å². The average Bonchev–Trinajstić information content (AvgIpc) is 2.38. The van der Waals surface area contributed by atoms with Gasteiger partial charge < -0.3 is 35.6 Å². The lowest BCUT2D eigenvalue weighted by molar-refractivity contribution is -0.292. The Morgan fingerprint density at radius 1 is 1.33 bits per heavy atom. The van der Waals surface area contributed by atoms with Crippen LogP contribution < -0.4 is 5.73 Å². The summed E-state index contributed by atoms with van der Waals surface area (Å²) in [6.45, 7) is -0.600. The molecule has 1 aliphatic rings. The summed E-state index contributed by atoms with van der Waals surface area (Å²) in [4.78, 5) is 11.4. The van der Waals surface area contributed by atoms with Crippen molar-refractivity contribution < 1.29 is 34.7 Å². The zero-order chi connectivity index (χ0) is 13.9. The minimum absolute atomic E-state index is 0.0380. The number of nitrogens with two attached hydrogens (primary N) is 1. The Bertz CT molecular complexity index is 290. The SMILES string of the molecule is N[C@@H](CS)C(=O)OC1O[C@H](CO)[C@H](O)[C@H](O)[C@H]1O. The molecule has 18 heavy (non-hydrogen) atoms. The van der Waals surface area contributed by atoms with Gasteiger partial charge in [0.15, 0.2) is 0 Å². The van der Waals surface area contributed by atoms with E-state index >= 15 is 0 Å². The topological polar surface area (TPSA) is 142 Å². The van der Waals surface area contributed by atoms with Crippen LogP contribution in [0.5, 0.6) is 0 Å². The van der Waals surface area contributed by atoms with Crippen LogP contribution in [0.15, 0.2) is 0 Å². The van der Waals surface area contributed by atoms with Crippen LogP contribution in [0.1, 0.15) is 0 Å². The zero-order valence-corrected chi connectivity index (χ0v) is 10.3. The highest BCUT2D eigenvalue weighted by molar-refractivity contribution is 7.80. The van der Waals surface area contributed by atoms with Crippen molar-refractivity contribution in [2.45, 2.75) is 36.7 Å². The lowest BCUT2D eigenvalue weighted by atomic mass is 9.99. The van der Waals surface area contributed by atoms with E-state index in [2.05, 4.69) is 12.6 Å². The van der Waals surface area contributed by atoms with Crippen LogP contribution in [0.2, 0.25) is 0 Å². The first-order valence-corrected chi connectivity index (χ1v) is 5.93. The molecule has 0 spiro atoms. The molecule has 1 aliphatic heterocycles. The maximum absolute atomic E-state index is 11.4. The molecule has 0 aromatic carbocycles. The monoisotopic (exact) mass is 283 g/mol. The van der Waals surface area contributed by atoms with Gasteiger partial charge in [-0.3, -0.25) is 4.79 Å². The summed E-state index contributed by atoms with van der Waals surface area (Å²) in [5, 5.41) is 37.4. The molecular weight excluding hydrogens is 266 g/mol. The van der Waals surface area contributed by atoms with Crippen LogP contribution in [0.3, 0.4) is 0 Å². The summed E-state index contributed by atoms with van der Waals surface area (Å²) in [5.74, 6) is -0.828. The van der Waals surface area contributed by atoms with E-state index in [4.69, 9.17) is 20.3 Å². The average molecular weight is 283 g/mol. The lowest BCUT2D eigenvalue weighted by Gasteiger charge is -2.39. The van der Waals surface area contributed by atoms with Crippen molar-refractivity contribution in [1.29, 1.82) is 0 Å². The van der Waals surface area contributed by atoms with Gasteiger partial charge in [-0.2, -0.15) is 12.6 Å². The summed E-state index contributed by atoms with van der Waals surface area (Å²) in [7, 11) is 0. The minimum atomic E-state index is -1.63. The zero-order valence-electron chi connectivity index (χ0n) is 9.42. The van der Waals surface area contributed by atoms with Crippen LogP contribution in [-0.4, -0.2) is 75.5 Å². The molecule has 1 saturated heterocycles. The van der Waals surface area contributed by atoms with E-state index in [0.29, 0.717) is 0 Å². The van der Waals surface area contributed by atoms with E-state index in [-0.39, 0.29) is 5.75 Å². The van der Waals surface area contributed by atoms with E-state index in [1.165, 1.54) is 0 Å². The third-order valence-corrected chi connectivity index (χ3v) is 2.97. The van der Waals surface area contributed by atoms with Crippen LogP contribution in [0.25, 0.3) is 0 Å². The van der Waals surface area contributed by atoms with E-state index in [1.807, 2.05) is 0 Å². The van der Waals surface area contributed by atoms with Crippen molar-refractivity contribution in [3.8, 4) is 0 Å². The molecule has 1 heterocycles. The second-order valence-corrected chi connectivity index (χ2v) is 4.29. The number of carbonyl (C=O) groups is 1. The van der Waals surface area contributed by atoms with Gasteiger partial charge in [-0.25, -0.2) is 0 Å². The molecule has 0 bridgehead atoms. The van der Waals surface area contributed by atoms with Crippen molar-refractivity contribution in [1.82, 2.24) is 0 Å².